The molecule has 0 amide bonds. The Kier molecular flexibility index (Phi) is 4.44. The average molecular weight is 398 g/mol. The number of carbonyl (C=O) groups excluding carboxylic acids is 1. The molecule has 0 N–H and O–H groups in total. The molecular weight excluding hydrogens is 379 g/mol. The molecule has 2 aromatic heterocycles. The maximum Gasteiger partial charge on any atom is 0.263 e. The Morgan fingerprint density at radius 1 is 1.03 bits per heavy atom. The lowest BCUT2D eigenvalue weighted by Crippen LogP contribution is -2.25. The van der Waals surface area contributed by atoms with Crippen molar-refractivity contribution in [2.24, 2.45) is 0 Å². The highest BCUT2D eigenvalue weighted by atomic mass is 32.1. The van der Waals surface area contributed by atoms with Crippen molar-refractivity contribution in [1.82, 2.24) is 9.55 Å². The van der Waals surface area contributed by atoms with Gasteiger partial charge in [0.15, 0.2) is 5.78 Å². The largest absolute Gasteiger partial charge is 0.294 e. The van der Waals surface area contributed by atoms with Gasteiger partial charge in [-0.25, -0.2) is 4.98 Å². The van der Waals surface area contributed by atoms with Crippen LogP contribution in [0.3, 0.4) is 0 Å². The Balaban J connectivity index is 1.79. The second-order valence-electron chi connectivity index (χ2n) is 7.57. The van der Waals surface area contributed by atoms with Crippen molar-refractivity contribution in [2.75, 3.05) is 0 Å². The van der Waals surface area contributed by atoms with E-state index in [1.54, 1.807) is 4.57 Å². The number of thiophene rings is 1. The third-order valence-corrected chi connectivity index (χ3v) is 6.77. The van der Waals surface area contributed by atoms with Crippen LogP contribution in [0.4, 0.5) is 0 Å². The van der Waals surface area contributed by atoms with Gasteiger partial charge in [-0.15, -0.1) is 11.3 Å². The summed E-state index contributed by atoms with van der Waals surface area (Å²) in [6.45, 7) is 0.446. The summed E-state index contributed by atoms with van der Waals surface area (Å²) in [6.07, 6.45) is 1.55. The van der Waals surface area contributed by atoms with Crippen molar-refractivity contribution in [2.45, 2.75) is 25.2 Å². The summed E-state index contributed by atoms with van der Waals surface area (Å²) >= 11 is 1.38. The summed E-state index contributed by atoms with van der Waals surface area (Å²) in [4.78, 5) is 32.7. The van der Waals surface area contributed by atoms with E-state index in [0.29, 0.717) is 22.6 Å². The molecular formula is C23H19BN2O2S. The lowest BCUT2D eigenvalue weighted by molar-refractivity contribution is 0.0978. The molecule has 1 aliphatic rings. The number of nitrogens with zero attached hydrogens (tertiary/aromatic N) is 2. The molecule has 4 nitrogen and oxygen atoms in total. The SMILES string of the molecule is BC1CCc2c(sc3nc(-c4ccccc4)n(Cc4ccccc4)c(=O)c23)C1=O. The minimum Gasteiger partial charge on any atom is -0.294 e. The van der Waals surface area contributed by atoms with E-state index in [-0.39, 0.29) is 17.2 Å². The molecule has 4 aromatic rings. The molecule has 0 radical (unpaired) electrons. The van der Waals surface area contributed by atoms with Crippen molar-refractivity contribution in [1.29, 1.82) is 0 Å². The van der Waals surface area contributed by atoms with E-state index in [2.05, 4.69) is 0 Å². The van der Waals surface area contributed by atoms with Crippen LogP contribution < -0.4 is 5.56 Å². The van der Waals surface area contributed by atoms with Gasteiger partial charge < -0.3 is 0 Å². The second kappa shape index (κ2) is 7.12. The lowest BCUT2D eigenvalue weighted by atomic mass is 9.74. The zero-order valence-electron chi connectivity index (χ0n) is 16.1. The Labute approximate surface area is 173 Å². The second-order valence-corrected chi connectivity index (χ2v) is 8.57. The quantitative estimate of drug-likeness (QED) is 0.495. The van der Waals surface area contributed by atoms with E-state index < -0.39 is 0 Å². The van der Waals surface area contributed by atoms with Gasteiger partial charge in [-0.2, -0.15) is 0 Å². The van der Waals surface area contributed by atoms with Gasteiger partial charge in [-0.3, -0.25) is 14.2 Å². The summed E-state index contributed by atoms with van der Waals surface area (Å²) in [5.74, 6) is 0.797. The number of benzene rings is 2. The van der Waals surface area contributed by atoms with Crippen molar-refractivity contribution in [3.63, 3.8) is 0 Å². The number of aromatic nitrogens is 2. The van der Waals surface area contributed by atoms with E-state index in [4.69, 9.17) is 4.98 Å². The van der Waals surface area contributed by atoms with E-state index in [1.807, 2.05) is 68.5 Å². The van der Waals surface area contributed by atoms with Crippen LogP contribution in [-0.4, -0.2) is 23.2 Å². The standard InChI is InChI=1S/C23H19BN2O2S/c24-17-12-11-16-18-22(29-20(16)19(17)27)25-21(15-9-5-2-6-10-15)26(23(18)28)13-14-7-3-1-4-8-14/h1-10,17H,11-13,24H2. The van der Waals surface area contributed by atoms with Crippen LogP contribution in [0, 0.1) is 0 Å². The van der Waals surface area contributed by atoms with Crippen LogP contribution >= 0.6 is 11.3 Å². The molecule has 1 aliphatic carbocycles. The van der Waals surface area contributed by atoms with Crippen LogP contribution in [0.2, 0.25) is 5.82 Å². The first-order valence-electron chi connectivity index (χ1n) is 9.83. The summed E-state index contributed by atoms with van der Waals surface area (Å²) in [5, 5.41) is 0.626. The number of fused-ring (bicyclic) bond motifs is 3. The predicted octanol–water partition coefficient (Wildman–Crippen LogP) is 3.72. The van der Waals surface area contributed by atoms with Gasteiger partial charge in [0.05, 0.1) is 16.8 Å². The molecule has 0 spiro atoms. The number of hydrogen-bond acceptors (Lipinski definition) is 4. The summed E-state index contributed by atoms with van der Waals surface area (Å²) in [5.41, 5.74) is 2.78. The van der Waals surface area contributed by atoms with Crippen LogP contribution in [-0.2, 0) is 13.0 Å². The van der Waals surface area contributed by atoms with Crippen LogP contribution in [0.1, 0.15) is 27.2 Å². The number of rotatable bonds is 3. The monoisotopic (exact) mass is 398 g/mol. The molecule has 2 heterocycles. The topological polar surface area (TPSA) is 52.0 Å². The summed E-state index contributed by atoms with van der Waals surface area (Å²) in [6, 6.07) is 19.7. The van der Waals surface area contributed by atoms with E-state index in [9.17, 15) is 9.59 Å². The summed E-state index contributed by atoms with van der Waals surface area (Å²) < 4.78 is 1.75. The number of aryl methyl sites for hydroxylation is 1. The van der Waals surface area contributed by atoms with Crippen molar-refractivity contribution in [3.05, 3.63) is 87.0 Å². The summed E-state index contributed by atoms with van der Waals surface area (Å²) in [7, 11) is 1.96. The minimum absolute atomic E-state index is 0.00991. The van der Waals surface area contributed by atoms with E-state index >= 15 is 0 Å². The molecule has 2 aromatic carbocycles. The fraction of sp³-hybridized carbons (Fsp3) is 0.174. The van der Waals surface area contributed by atoms with Gasteiger partial charge >= 0.3 is 0 Å². The highest BCUT2D eigenvalue weighted by Crippen LogP contribution is 2.37. The maximum absolute atomic E-state index is 13.7. The van der Waals surface area contributed by atoms with Crippen molar-refractivity contribution < 1.29 is 4.79 Å². The average Bonchev–Trinajstić information content (AvgIpc) is 3.13. The zero-order valence-corrected chi connectivity index (χ0v) is 16.9. The maximum atomic E-state index is 13.7. The molecule has 5 rings (SSSR count). The highest BCUT2D eigenvalue weighted by molar-refractivity contribution is 7.20. The normalized spacial score (nSPS) is 16.1. The molecule has 29 heavy (non-hydrogen) atoms. The lowest BCUT2D eigenvalue weighted by Gasteiger charge is -2.17. The van der Waals surface area contributed by atoms with Crippen LogP contribution in [0.15, 0.2) is 65.5 Å². The molecule has 0 saturated heterocycles. The molecule has 142 valence electrons. The van der Waals surface area contributed by atoms with Gasteiger partial charge in [0.2, 0.25) is 0 Å². The molecule has 6 heteroatoms. The Bertz CT molecular complexity index is 1280. The van der Waals surface area contributed by atoms with Crippen LogP contribution in [0.5, 0.6) is 0 Å². The van der Waals surface area contributed by atoms with Gasteiger partial charge in [-0.1, -0.05) is 60.7 Å². The third kappa shape index (κ3) is 3.04. The number of ketones is 1. The molecule has 1 atom stereocenters. The van der Waals surface area contributed by atoms with Crippen molar-refractivity contribution >= 4 is 35.2 Å². The smallest absolute Gasteiger partial charge is 0.263 e. The first-order chi connectivity index (χ1) is 14.1. The molecule has 0 saturated carbocycles. The Morgan fingerprint density at radius 2 is 1.72 bits per heavy atom. The Morgan fingerprint density at radius 3 is 2.45 bits per heavy atom. The van der Waals surface area contributed by atoms with Gasteiger partial charge in [-0.05, 0) is 29.8 Å². The van der Waals surface area contributed by atoms with Gasteiger partial charge in [0.1, 0.15) is 18.5 Å². The minimum atomic E-state index is -0.0578. The van der Waals surface area contributed by atoms with Gasteiger partial charge in [0, 0.05) is 5.56 Å². The molecule has 0 bridgehead atoms. The van der Waals surface area contributed by atoms with Crippen molar-refractivity contribution in [3.8, 4) is 11.4 Å². The molecule has 0 fully saturated rings. The molecule has 0 aliphatic heterocycles. The predicted molar refractivity (Wildman–Crippen MR) is 120 cm³/mol. The fourth-order valence-corrected chi connectivity index (χ4v) is 5.28. The first-order valence-corrected chi connectivity index (χ1v) is 10.6. The number of Topliss-reactive ketones (excluding diaryl/α,β-unsaturated/α-hetero) is 1. The van der Waals surface area contributed by atoms with E-state index in [1.165, 1.54) is 11.3 Å². The zero-order chi connectivity index (χ0) is 20.0. The Hall–Kier alpha value is -2.99. The number of carbonyl (C=O) groups is 1. The fourth-order valence-electron chi connectivity index (χ4n) is 4.01. The first kappa shape index (κ1) is 18.1. The third-order valence-electron chi connectivity index (χ3n) is 5.62. The van der Waals surface area contributed by atoms with E-state index in [0.717, 1.165) is 34.4 Å². The highest BCUT2D eigenvalue weighted by Gasteiger charge is 2.30. The number of hydrogen-bond donors (Lipinski definition) is 0. The van der Waals surface area contributed by atoms with Crippen LogP contribution in [0.25, 0.3) is 21.6 Å². The molecule has 1 unspecified atom stereocenters. The van der Waals surface area contributed by atoms with Gasteiger partial charge in [0.25, 0.3) is 5.56 Å².